The average molecular weight is 245 g/mol. The van der Waals surface area contributed by atoms with E-state index in [0.29, 0.717) is 11.8 Å². The fourth-order valence-corrected chi connectivity index (χ4v) is 3.43. The SMILES string of the molecule is CC(=O)OC1CN2CCC1C(c1ccccc1)C2. The van der Waals surface area contributed by atoms with Crippen molar-refractivity contribution in [1.29, 1.82) is 0 Å². The topological polar surface area (TPSA) is 29.5 Å². The quantitative estimate of drug-likeness (QED) is 0.747. The minimum Gasteiger partial charge on any atom is -0.461 e. The van der Waals surface area contributed by atoms with Gasteiger partial charge in [0.25, 0.3) is 0 Å². The van der Waals surface area contributed by atoms with Gasteiger partial charge in [-0.05, 0) is 18.5 Å². The number of nitrogens with zero attached hydrogens (tertiary/aromatic N) is 1. The lowest BCUT2D eigenvalue weighted by atomic mass is 9.74. The first-order chi connectivity index (χ1) is 8.74. The summed E-state index contributed by atoms with van der Waals surface area (Å²) in [5.41, 5.74) is 1.38. The fraction of sp³-hybridized carbons (Fsp3) is 0.533. The Labute approximate surface area is 108 Å². The predicted molar refractivity (Wildman–Crippen MR) is 69.3 cm³/mol. The Hall–Kier alpha value is -1.35. The third-order valence-corrected chi connectivity index (χ3v) is 4.21. The molecule has 0 amide bonds. The summed E-state index contributed by atoms with van der Waals surface area (Å²) in [4.78, 5) is 13.6. The summed E-state index contributed by atoms with van der Waals surface area (Å²) >= 11 is 0. The van der Waals surface area contributed by atoms with Gasteiger partial charge >= 0.3 is 5.97 Å². The van der Waals surface area contributed by atoms with Crippen LogP contribution in [0, 0.1) is 5.92 Å². The van der Waals surface area contributed by atoms with Crippen LogP contribution in [0.25, 0.3) is 0 Å². The van der Waals surface area contributed by atoms with E-state index < -0.39 is 0 Å². The molecule has 3 aliphatic rings. The van der Waals surface area contributed by atoms with Crippen molar-refractivity contribution < 1.29 is 9.53 Å². The molecule has 0 spiro atoms. The number of hydrogen-bond acceptors (Lipinski definition) is 3. The van der Waals surface area contributed by atoms with Gasteiger partial charge in [-0.3, -0.25) is 9.69 Å². The zero-order valence-electron chi connectivity index (χ0n) is 10.7. The molecule has 3 fully saturated rings. The highest BCUT2D eigenvalue weighted by atomic mass is 16.5. The molecule has 1 aromatic rings. The number of carbonyl (C=O) groups is 1. The fourth-order valence-electron chi connectivity index (χ4n) is 3.43. The van der Waals surface area contributed by atoms with Crippen LogP contribution in [-0.4, -0.2) is 36.6 Å². The third-order valence-electron chi connectivity index (χ3n) is 4.21. The number of hydrogen-bond donors (Lipinski definition) is 0. The molecule has 0 saturated carbocycles. The normalized spacial score (nSPS) is 34.3. The summed E-state index contributed by atoms with van der Waals surface area (Å²) in [6.07, 6.45) is 1.22. The summed E-state index contributed by atoms with van der Waals surface area (Å²) in [5, 5.41) is 0. The molecular weight excluding hydrogens is 226 g/mol. The summed E-state index contributed by atoms with van der Waals surface area (Å²) in [5.74, 6) is 0.847. The molecule has 4 unspecified atom stereocenters. The number of fused-ring (bicyclic) bond motifs is 3. The van der Waals surface area contributed by atoms with Crippen LogP contribution in [0.2, 0.25) is 0 Å². The Morgan fingerprint density at radius 1 is 1.28 bits per heavy atom. The molecule has 0 radical (unpaired) electrons. The maximum atomic E-state index is 11.2. The van der Waals surface area contributed by atoms with Crippen molar-refractivity contribution >= 4 is 5.97 Å². The summed E-state index contributed by atoms with van der Waals surface area (Å²) in [7, 11) is 0. The van der Waals surface area contributed by atoms with Crippen LogP contribution in [0.3, 0.4) is 0 Å². The van der Waals surface area contributed by atoms with Gasteiger partial charge < -0.3 is 4.74 Å². The molecule has 18 heavy (non-hydrogen) atoms. The lowest BCUT2D eigenvalue weighted by Crippen LogP contribution is -2.55. The molecule has 2 bridgehead atoms. The minimum absolute atomic E-state index is 0.0789. The Morgan fingerprint density at radius 2 is 2.06 bits per heavy atom. The molecule has 0 aliphatic carbocycles. The molecule has 3 nitrogen and oxygen atoms in total. The van der Waals surface area contributed by atoms with Crippen LogP contribution in [0.5, 0.6) is 0 Å². The molecule has 3 heteroatoms. The van der Waals surface area contributed by atoms with Gasteiger partial charge in [-0.15, -0.1) is 0 Å². The monoisotopic (exact) mass is 245 g/mol. The first-order valence-electron chi connectivity index (χ1n) is 6.68. The van der Waals surface area contributed by atoms with Gasteiger partial charge in [0.1, 0.15) is 6.10 Å². The van der Waals surface area contributed by atoms with Crippen molar-refractivity contribution in [3.8, 4) is 0 Å². The Balaban J connectivity index is 1.82. The van der Waals surface area contributed by atoms with E-state index >= 15 is 0 Å². The molecule has 0 N–H and O–H groups in total. The molecule has 1 aromatic carbocycles. The number of carbonyl (C=O) groups excluding carboxylic acids is 1. The summed E-state index contributed by atoms with van der Waals surface area (Å²) < 4.78 is 5.50. The van der Waals surface area contributed by atoms with E-state index in [9.17, 15) is 4.79 Å². The first kappa shape index (κ1) is 11.7. The van der Waals surface area contributed by atoms with Gasteiger partial charge in [0.15, 0.2) is 0 Å². The average Bonchev–Trinajstić information content (AvgIpc) is 2.39. The Kier molecular flexibility index (Phi) is 3.08. The van der Waals surface area contributed by atoms with Crippen LogP contribution in [0.15, 0.2) is 30.3 Å². The molecule has 3 saturated heterocycles. The van der Waals surface area contributed by atoms with Crippen LogP contribution in [0.4, 0.5) is 0 Å². The van der Waals surface area contributed by atoms with E-state index in [1.165, 1.54) is 12.5 Å². The maximum absolute atomic E-state index is 11.2. The van der Waals surface area contributed by atoms with Crippen LogP contribution >= 0.6 is 0 Å². The van der Waals surface area contributed by atoms with E-state index in [2.05, 4.69) is 35.2 Å². The zero-order valence-corrected chi connectivity index (χ0v) is 10.7. The highest BCUT2D eigenvalue weighted by Gasteiger charge is 2.43. The van der Waals surface area contributed by atoms with Crippen molar-refractivity contribution in [2.45, 2.75) is 25.4 Å². The van der Waals surface area contributed by atoms with Gasteiger partial charge in [-0.1, -0.05) is 30.3 Å². The van der Waals surface area contributed by atoms with E-state index in [0.717, 1.165) is 26.1 Å². The largest absolute Gasteiger partial charge is 0.461 e. The Morgan fingerprint density at radius 3 is 2.72 bits per heavy atom. The van der Waals surface area contributed by atoms with Crippen LogP contribution < -0.4 is 0 Å². The zero-order chi connectivity index (χ0) is 12.5. The number of rotatable bonds is 2. The van der Waals surface area contributed by atoms with E-state index in [-0.39, 0.29) is 12.1 Å². The second-order valence-electron chi connectivity index (χ2n) is 5.38. The van der Waals surface area contributed by atoms with Crippen molar-refractivity contribution in [1.82, 2.24) is 4.90 Å². The predicted octanol–water partition coefficient (Wildman–Crippen LogP) is 2.04. The second-order valence-corrected chi connectivity index (χ2v) is 5.38. The number of ether oxygens (including phenoxy) is 1. The van der Waals surface area contributed by atoms with E-state index in [1.54, 1.807) is 0 Å². The highest BCUT2D eigenvalue weighted by Crippen LogP contribution is 2.40. The number of benzene rings is 1. The van der Waals surface area contributed by atoms with Crippen molar-refractivity contribution in [2.75, 3.05) is 19.6 Å². The molecule has 3 heterocycles. The minimum atomic E-state index is -0.152. The molecule has 3 aliphatic heterocycles. The van der Waals surface area contributed by atoms with E-state index in [4.69, 9.17) is 4.74 Å². The number of esters is 1. The van der Waals surface area contributed by atoms with Crippen LogP contribution in [-0.2, 0) is 9.53 Å². The van der Waals surface area contributed by atoms with Crippen LogP contribution in [0.1, 0.15) is 24.8 Å². The first-order valence-corrected chi connectivity index (χ1v) is 6.68. The lowest BCUT2D eigenvalue weighted by Gasteiger charge is -2.49. The van der Waals surface area contributed by atoms with E-state index in [1.807, 2.05) is 0 Å². The molecule has 96 valence electrons. The van der Waals surface area contributed by atoms with Gasteiger partial charge in [-0.2, -0.15) is 0 Å². The molecule has 0 aromatic heterocycles. The Bertz CT molecular complexity index is 431. The third kappa shape index (κ3) is 2.15. The second kappa shape index (κ2) is 4.73. The molecule has 4 rings (SSSR count). The molecular formula is C15H19NO2. The lowest BCUT2D eigenvalue weighted by molar-refractivity contribution is -0.157. The van der Waals surface area contributed by atoms with Crippen molar-refractivity contribution in [3.05, 3.63) is 35.9 Å². The summed E-state index contributed by atoms with van der Waals surface area (Å²) in [6.45, 7) is 4.67. The maximum Gasteiger partial charge on any atom is 0.302 e. The van der Waals surface area contributed by atoms with Gasteiger partial charge in [0.2, 0.25) is 0 Å². The standard InChI is InChI=1S/C15H19NO2/c1-11(17)18-15-10-16-8-7-13(15)14(9-16)12-5-3-2-4-6-12/h2-6,13-15H,7-10H2,1H3. The van der Waals surface area contributed by atoms with Gasteiger partial charge in [0.05, 0.1) is 0 Å². The smallest absolute Gasteiger partial charge is 0.302 e. The van der Waals surface area contributed by atoms with Gasteiger partial charge in [0, 0.05) is 31.8 Å². The molecule has 4 atom stereocenters. The van der Waals surface area contributed by atoms with Gasteiger partial charge in [-0.25, -0.2) is 0 Å². The van der Waals surface area contributed by atoms with Crippen molar-refractivity contribution in [2.24, 2.45) is 5.92 Å². The summed E-state index contributed by atoms with van der Waals surface area (Å²) in [6, 6.07) is 10.6. The highest BCUT2D eigenvalue weighted by molar-refractivity contribution is 5.66. The van der Waals surface area contributed by atoms with Crippen molar-refractivity contribution in [3.63, 3.8) is 0 Å². The number of piperidine rings is 3.